The summed E-state index contributed by atoms with van der Waals surface area (Å²) in [5, 5.41) is 0. The monoisotopic (exact) mass is 288 g/mol. The fraction of sp³-hybridized carbons (Fsp3) is 0.529. The van der Waals surface area contributed by atoms with Crippen LogP contribution in [-0.2, 0) is 4.74 Å². The summed E-state index contributed by atoms with van der Waals surface area (Å²) in [6, 6.07) is 4.24. The maximum atomic E-state index is 11.8. The van der Waals surface area contributed by atoms with Gasteiger partial charge in [0.1, 0.15) is 6.33 Å². The van der Waals surface area contributed by atoms with E-state index in [0.29, 0.717) is 11.8 Å². The van der Waals surface area contributed by atoms with Gasteiger partial charge < -0.3 is 4.74 Å². The minimum atomic E-state index is -0.399. The van der Waals surface area contributed by atoms with Crippen molar-refractivity contribution >= 4 is 17.1 Å². The highest BCUT2D eigenvalue weighted by Crippen LogP contribution is 2.33. The summed E-state index contributed by atoms with van der Waals surface area (Å²) in [5.74, 6) is 0.945. The first-order valence-corrected chi connectivity index (χ1v) is 7.62. The zero-order valence-electron chi connectivity index (χ0n) is 13.5. The summed E-state index contributed by atoms with van der Waals surface area (Å²) in [6.45, 7) is 8.85. The largest absolute Gasteiger partial charge is 0.452 e. The van der Waals surface area contributed by atoms with Crippen molar-refractivity contribution in [2.24, 2.45) is 0 Å². The number of rotatable bonds is 4. The molecule has 114 valence electrons. The number of aromatic nitrogens is 2. The fourth-order valence-corrected chi connectivity index (χ4v) is 2.62. The Morgan fingerprint density at radius 2 is 1.76 bits per heavy atom. The number of carbonyl (C=O) groups is 1. The van der Waals surface area contributed by atoms with Crippen LogP contribution in [0.3, 0.4) is 0 Å². The normalized spacial score (nSPS) is 14.1. The number of methoxy groups -OCH3 is 1. The molecule has 1 heterocycles. The van der Waals surface area contributed by atoms with Crippen molar-refractivity contribution in [3.8, 4) is 0 Å². The lowest BCUT2D eigenvalue weighted by Gasteiger charge is -2.19. The van der Waals surface area contributed by atoms with Crippen LogP contribution in [-0.4, -0.2) is 22.8 Å². The van der Waals surface area contributed by atoms with Crippen molar-refractivity contribution in [3.63, 3.8) is 0 Å². The van der Waals surface area contributed by atoms with Gasteiger partial charge >= 0.3 is 6.09 Å². The lowest BCUT2D eigenvalue weighted by Crippen LogP contribution is -2.10. The Hall–Kier alpha value is -1.84. The number of fused-ring (bicyclic) bond motifs is 1. The molecular formula is C17H24N2O2. The van der Waals surface area contributed by atoms with E-state index in [2.05, 4.69) is 44.8 Å². The minimum Gasteiger partial charge on any atom is -0.452 e. The van der Waals surface area contributed by atoms with E-state index in [0.717, 1.165) is 23.9 Å². The van der Waals surface area contributed by atoms with Crippen LogP contribution in [0.4, 0.5) is 4.79 Å². The zero-order chi connectivity index (χ0) is 15.6. The number of carbonyl (C=O) groups excluding carboxylic acids is 1. The Morgan fingerprint density at radius 1 is 1.19 bits per heavy atom. The first kappa shape index (κ1) is 15.5. The second-order valence-corrected chi connectivity index (χ2v) is 5.67. The van der Waals surface area contributed by atoms with E-state index in [9.17, 15) is 4.79 Å². The van der Waals surface area contributed by atoms with Gasteiger partial charge in [0, 0.05) is 0 Å². The van der Waals surface area contributed by atoms with Gasteiger partial charge in [-0.3, -0.25) is 0 Å². The molecule has 1 aromatic heterocycles. The highest BCUT2D eigenvalue weighted by molar-refractivity contribution is 5.87. The number of imidazole rings is 1. The van der Waals surface area contributed by atoms with E-state index in [1.807, 2.05) is 0 Å². The first-order chi connectivity index (χ1) is 10.0. The van der Waals surface area contributed by atoms with Crippen LogP contribution in [0.2, 0.25) is 0 Å². The van der Waals surface area contributed by atoms with Crippen molar-refractivity contribution in [3.05, 3.63) is 29.6 Å². The molecule has 0 amide bonds. The number of ether oxygens (including phenoxy) is 1. The molecule has 4 nitrogen and oxygen atoms in total. The summed E-state index contributed by atoms with van der Waals surface area (Å²) in [5.41, 5.74) is 4.33. The van der Waals surface area contributed by atoms with E-state index < -0.39 is 6.09 Å². The molecule has 0 spiro atoms. The molecule has 2 aromatic rings. The van der Waals surface area contributed by atoms with Crippen LogP contribution in [0.5, 0.6) is 0 Å². The van der Waals surface area contributed by atoms with Crippen LogP contribution in [0.15, 0.2) is 18.5 Å². The Kier molecular flexibility index (Phi) is 4.66. The predicted octanol–water partition coefficient (Wildman–Crippen LogP) is 4.68. The third-order valence-corrected chi connectivity index (χ3v) is 4.41. The lowest BCUT2D eigenvalue weighted by molar-refractivity contribution is 0.174. The van der Waals surface area contributed by atoms with Gasteiger partial charge in [-0.05, 0) is 47.9 Å². The van der Waals surface area contributed by atoms with Crippen molar-refractivity contribution in [1.82, 2.24) is 9.55 Å². The number of hydrogen-bond acceptors (Lipinski definition) is 3. The van der Waals surface area contributed by atoms with E-state index in [4.69, 9.17) is 4.74 Å². The summed E-state index contributed by atoms with van der Waals surface area (Å²) in [6.07, 6.45) is 3.30. The molecule has 2 rings (SSSR count). The summed E-state index contributed by atoms with van der Waals surface area (Å²) >= 11 is 0. The molecule has 0 aliphatic carbocycles. The Labute approximate surface area is 126 Å². The van der Waals surface area contributed by atoms with Gasteiger partial charge in [0.2, 0.25) is 0 Å². The second kappa shape index (κ2) is 6.29. The molecule has 0 aliphatic heterocycles. The number of hydrogen-bond donors (Lipinski definition) is 0. The fourth-order valence-electron chi connectivity index (χ4n) is 2.62. The lowest BCUT2D eigenvalue weighted by atomic mass is 9.86. The number of benzene rings is 1. The molecule has 4 heteroatoms. The second-order valence-electron chi connectivity index (χ2n) is 5.67. The van der Waals surface area contributed by atoms with Crippen LogP contribution in [0, 0.1) is 0 Å². The molecule has 0 N–H and O–H groups in total. The predicted molar refractivity (Wildman–Crippen MR) is 84.9 cm³/mol. The van der Waals surface area contributed by atoms with E-state index in [-0.39, 0.29) is 0 Å². The first-order valence-electron chi connectivity index (χ1n) is 7.62. The third kappa shape index (κ3) is 2.80. The SMILES string of the molecule is CCC(C)c1cc2ncn(C(=O)OC)c2cc1C(C)CC. The standard InChI is InChI=1S/C17H24N2O2/c1-6-11(3)13-8-15-16(9-14(13)12(4)7-2)19(10-18-15)17(20)21-5/h8-12H,6-7H2,1-5H3. The van der Waals surface area contributed by atoms with Crippen LogP contribution >= 0.6 is 0 Å². The number of nitrogens with zero attached hydrogens (tertiary/aromatic N) is 2. The van der Waals surface area contributed by atoms with E-state index in [1.54, 1.807) is 0 Å². The minimum absolute atomic E-state index is 0.399. The average Bonchev–Trinajstić information content (AvgIpc) is 2.94. The maximum absolute atomic E-state index is 11.8. The van der Waals surface area contributed by atoms with Crippen molar-refractivity contribution in [2.45, 2.75) is 52.4 Å². The van der Waals surface area contributed by atoms with Crippen molar-refractivity contribution < 1.29 is 9.53 Å². The molecule has 0 saturated heterocycles. The highest BCUT2D eigenvalue weighted by Gasteiger charge is 2.18. The molecule has 0 fully saturated rings. The van der Waals surface area contributed by atoms with E-state index >= 15 is 0 Å². The van der Waals surface area contributed by atoms with Gasteiger partial charge in [-0.25, -0.2) is 14.3 Å². The molecule has 2 unspecified atom stereocenters. The van der Waals surface area contributed by atoms with Gasteiger partial charge in [-0.15, -0.1) is 0 Å². The highest BCUT2D eigenvalue weighted by atomic mass is 16.5. The van der Waals surface area contributed by atoms with Crippen molar-refractivity contribution in [1.29, 1.82) is 0 Å². The van der Waals surface area contributed by atoms with Crippen LogP contribution in [0.1, 0.15) is 63.5 Å². The average molecular weight is 288 g/mol. The zero-order valence-corrected chi connectivity index (χ0v) is 13.5. The van der Waals surface area contributed by atoms with Gasteiger partial charge in [-0.2, -0.15) is 0 Å². The van der Waals surface area contributed by atoms with Gasteiger partial charge in [-0.1, -0.05) is 27.7 Å². The molecule has 0 aliphatic rings. The summed E-state index contributed by atoms with van der Waals surface area (Å²) < 4.78 is 6.29. The molecule has 0 bridgehead atoms. The van der Waals surface area contributed by atoms with Crippen LogP contribution < -0.4 is 0 Å². The molecule has 21 heavy (non-hydrogen) atoms. The third-order valence-electron chi connectivity index (χ3n) is 4.41. The van der Waals surface area contributed by atoms with E-state index in [1.165, 1.54) is 29.1 Å². The summed E-state index contributed by atoms with van der Waals surface area (Å²) in [7, 11) is 1.39. The molecule has 0 radical (unpaired) electrons. The quantitative estimate of drug-likeness (QED) is 0.820. The molecule has 0 saturated carbocycles. The van der Waals surface area contributed by atoms with Gasteiger partial charge in [0.25, 0.3) is 0 Å². The topological polar surface area (TPSA) is 44.1 Å². The Morgan fingerprint density at radius 3 is 2.29 bits per heavy atom. The van der Waals surface area contributed by atoms with Gasteiger partial charge in [0.15, 0.2) is 0 Å². The Balaban J connectivity index is 2.67. The van der Waals surface area contributed by atoms with Crippen LogP contribution in [0.25, 0.3) is 11.0 Å². The molecule has 1 aromatic carbocycles. The van der Waals surface area contributed by atoms with Gasteiger partial charge in [0.05, 0.1) is 18.1 Å². The molecule has 2 atom stereocenters. The Bertz CT molecular complexity index is 646. The maximum Gasteiger partial charge on any atom is 0.419 e. The molecular weight excluding hydrogens is 264 g/mol. The summed E-state index contributed by atoms with van der Waals surface area (Å²) in [4.78, 5) is 16.2. The smallest absolute Gasteiger partial charge is 0.419 e. The van der Waals surface area contributed by atoms with Crippen molar-refractivity contribution in [2.75, 3.05) is 7.11 Å².